The van der Waals surface area contributed by atoms with Gasteiger partial charge in [-0.1, -0.05) is 49.2 Å². The maximum Gasteiger partial charge on any atom is 0.262 e. The van der Waals surface area contributed by atoms with Gasteiger partial charge in [-0.2, -0.15) is 0 Å². The topological polar surface area (TPSA) is 29.1 Å². The van der Waals surface area contributed by atoms with E-state index in [1.807, 2.05) is 35.7 Å². The lowest BCUT2D eigenvalue weighted by atomic mass is 9.88. The maximum atomic E-state index is 12.3. The van der Waals surface area contributed by atoms with Gasteiger partial charge in [0.2, 0.25) is 0 Å². The fourth-order valence-corrected chi connectivity index (χ4v) is 3.53. The molecule has 1 amide bonds. The summed E-state index contributed by atoms with van der Waals surface area (Å²) in [6, 6.07) is 14.2. The number of hydrogen-bond donors (Lipinski definition) is 1. The van der Waals surface area contributed by atoms with Crippen molar-refractivity contribution in [3.8, 4) is 0 Å². The molecular formula is C16H17NOS. The Kier molecular flexibility index (Phi) is 3.38. The summed E-state index contributed by atoms with van der Waals surface area (Å²) >= 11 is 1.50. The largest absolute Gasteiger partial charge is 0.342 e. The molecule has 0 aliphatic heterocycles. The van der Waals surface area contributed by atoms with Gasteiger partial charge in [0, 0.05) is 0 Å². The lowest BCUT2D eigenvalue weighted by Crippen LogP contribution is -2.43. The van der Waals surface area contributed by atoms with Crippen LogP contribution in [0.5, 0.6) is 0 Å². The van der Waals surface area contributed by atoms with Gasteiger partial charge in [-0.3, -0.25) is 4.79 Å². The molecule has 1 aliphatic rings. The summed E-state index contributed by atoms with van der Waals surface area (Å²) < 4.78 is 0. The van der Waals surface area contributed by atoms with Crippen molar-refractivity contribution in [2.75, 3.05) is 0 Å². The van der Waals surface area contributed by atoms with E-state index in [1.165, 1.54) is 29.7 Å². The molecule has 2 nitrogen and oxygen atoms in total. The predicted molar refractivity (Wildman–Crippen MR) is 78.4 cm³/mol. The molecule has 1 fully saturated rings. The highest BCUT2D eigenvalue weighted by molar-refractivity contribution is 7.12. The van der Waals surface area contributed by atoms with Gasteiger partial charge < -0.3 is 5.32 Å². The summed E-state index contributed by atoms with van der Waals surface area (Å²) in [6.45, 7) is 0. The minimum atomic E-state index is -0.164. The molecule has 0 bridgehead atoms. The van der Waals surface area contributed by atoms with E-state index in [0.717, 1.165) is 17.7 Å². The van der Waals surface area contributed by atoms with Crippen LogP contribution in [0, 0.1) is 0 Å². The zero-order valence-corrected chi connectivity index (χ0v) is 11.6. The minimum absolute atomic E-state index is 0.0563. The first-order valence-corrected chi connectivity index (χ1v) is 7.60. The van der Waals surface area contributed by atoms with E-state index in [0.29, 0.717) is 0 Å². The first-order valence-electron chi connectivity index (χ1n) is 6.72. The first-order chi connectivity index (χ1) is 9.30. The molecule has 0 saturated heterocycles. The van der Waals surface area contributed by atoms with E-state index in [-0.39, 0.29) is 11.4 Å². The van der Waals surface area contributed by atoms with Gasteiger partial charge in [0.1, 0.15) is 0 Å². The smallest absolute Gasteiger partial charge is 0.262 e. The van der Waals surface area contributed by atoms with E-state index in [4.69, 9.17) is 0 Å². The third-order valence-electron chi connectivity index (χ3n) is 3.88. The highest BCUT2D eigenvalue weighted by Gasteiger charge is 2.37. The van der Waals surface area contributed by atoms with E-state index in [2.05, 4.69) is 17.4 Å². The van der Waals surface area contributed by atoms with E-state index in [9.17, 15) is 4.79 Å². The molecule has 1 saturated carbocycles. The van der Waals surface area contributed by atoms with Crippen molar-refractivity contribution < 1.29 is 4.79 Å². The van der Waals surface area contributed by atoms with Crippen molar-refractivity contribution >= 4 is 17.2 Å². The summed E-state index contributed by atoms with van der Waals surface area (Å²) in [4.78, 5) is 13.1. The van der Waals surface area contributed by atoms with Gasteiger partial charge in [-0.05, 0) is 29.9 Å². The molecule has 1 aliphatic carbocycles. The van der Waals surface area contributed by atoms with Crippen LogP contribution in [0.2, 0.25) is 0 Å². The van der Waals surface area contributed by atoms with Crippen LogP contribution in [0.1, 0.15) is 40.9 Å². The van der Waals surface area contributed by atoms with E-state index < -0.39 is 0 Å². The van der Waals surface area contributed by atoms with Crippen LogP contribution in [0.15, 0.2) is 47.8 Å². The summed E-state index contributed by atoms with van der Waals surface area (Å²) in [5.74, 6) is 0.0563. The highest BCUT2D eigenvalue weighted by Crippen LogP contribution is 2.39. The molecule has 0 unspecified atom stereocenters. The van der Waals surface area contributed by atoms with Crippen molar-refractivity contribution in [1.82, 2.24) is 5.32 Å². The number of amides is 1. The lowest BCUT2D eigenvalue weighted by Gasteiger charge is -2.31. The Morgan fingerprint density at radius 1 is 1.05 bits per heavy atom. The van der Waals surface area contributed by atoms with Crippen LogP contribution in [-0.2, 0) is 5.54 Å². The number of nitrogens with one attached hydrogen (secondary N) is 1. The van der Waals surface area contributed by atoms with Gasteiger partial charge in [-0.15, -0.1) is 11.3 Å². The van der Waals surface area contributed by atoms with Crippen molar-refractivity contribution in [2.45, 2.75) is 31.2 Å². The number of thiophene rings is 1. The fourth-order valence-electron chi connectivity index (χ4n) is 2.91. The monoisotopic (exact) mass is 271 g/mol. The summed E-state index contributed by atoms with van der Waals surface area (Å²) in [5, 5.41) is 5.23. The molecule has 2 aromatic rings. The Hall–Kier alpha value is -1.61. The second-order valence-electron chi connectivity index (χ2n) is 5.09. The molecule has 0 atom stereocenters. The van der Waals surface area contributed by atoms with Gasteiger partial charge in [0.25, 0.3) is 5.91 Å². The van der Waals surface area contributed by atoms with Crippen LogP contribution < -0.4 is 5.32 Å². The lowest BCUT2D eigenvalue weighted by molar-refractivity contribution is 0.0902. The van der Waals surface area contributed by atoms with Gasteiger partial charge in [-0.25, -0.2) is 0 Å². The average Bonchev–Trinajstić information content (AvgIpc) is 3.11. The van der Waals surface area contributed by atoms with Gasteiger partial charge in [0.05, 0.1) is 10.4 Å². The minimum Gasteiger partial charge on any atom is -0.342 e. The average molecular weight is 271 g/mol. The molecule has 98 valence electrons. The third kappa shape index (κ3) is 2.43. The third-order valence-corrected chi connectivity index (χ3v) is 4.75. The molecule has 1 aromatic heterocycles. The molecule has 0 spiro atoms. The van der Waals surface area contributed by atoms with Crippen LogP contribution in [0.3, 0.4) is 0 Å². The molecule has 1 heterocycles. The van der Waals surface area contributed by atoms with Crippen LogP contribution >= 0.6 is 11.3 Å². The second kappa shape index (κ2) is 5.17. The Labute approximate surface area is 117 Å². The van der Waals surface area contributed by atoms with Crippen LogP contribution in [0.25, 0.3) is 0 Å². The second-order valence-corrected chi connectivity index (χ2v) is 6.03. The maximum absolute atomic E-state index is 12.3. The SMILES string of the molecule is O=C(NC1(c2ccccc2)CCCC1)c1cccs1. The molecule has 3 heteroatoms. The van der Waals surface area contributed by atoms with Crippen LogP contribution in [0.4, 0.5) is 0 Å². The van der Waals surface area contributed by atoms with E-state index in [1.54, 1.807) is 0 Å². The zero-order valence-electron chi connectivity index (χ0n) is 10.8. The Morgan fingerprint density at radius 2 is 1.79 bits per heavy atom. The predicted octanol–water partition coefficient (Wildman–Crippen LogP) is 3.95. The van der Waals surface area contributed by atoms with Crippen LogP contribution in [-0.4, -0.2) is 5.91 Å². The normalized spacial score (nSPS) is 17.3. The van der Waals surface area contributed by atoms with Crippen molar-refractivity contribution in [2.24, 2.45) is 0 Å². The molecular weight excluding hydrogens is 254 g/mol. The quantitative estimate of drug-likeness (QED) is 0.900. The highest BCUT2D eigenvalue weighted by atomic mass is 32.1. The molecule has 19 heavy (non-hydrogen) atoms. The molecule has 0 radical (unpaired) electrons. The Balaban J connectivity index is 1.88. The zero-order chi connectivity index (χ0) is 13.1. The number of carbonyl (C=O) groups is 1. The number of carbonyl (C=O) groups excluding carboxylic acids is 1. The van der Waals surface area contributed by atoms with Gasteiger partial charge >= 0.3 is 0 Å². The molecule has 3 rings (SSSR count). The number of hydrogen-bond acceptors (Lipinski definition) is 2. The standard InChI is InChI=1S/C16H17NOS/c18-15(14-9-6-12-19-14)17-16(10-4-5-11-16)13-7-2-1-3-8-13/h1-3,6-9,12H,4-5,10-11H2,(H,17,18). The first kappa shape index (κ1) is 12.4. The van der Waals surface area contributed by atoms with E-state index >= 15 is 0 Å². The summed E-state index contributed by atoms with van der Waals surface area (Å²) in [5.41, 5.74) is 1.07. The summed E-state index contributed by atoms with van der Waals surface area (Å²) in [6.07, 6.45) is 4.43. The number of benzene rings is 1. The summed E-state index contributed by atoms with van der Waals surface area (Å²) in [7, 11) is 0. The van der Waals surface area contributed by atoms with Crippen molar-refractivity contribution in [3.63, 3.8) is 0 Å². The molecule has 1 N–H and O–H groups in total. The Bertz CT molecular complexity index is 541. The van der Waals surface area contributed by atoms with Crippen molar-refractivity contribution in [1.29, 1.82) is 0 Å². The van der Waals surface area contributed by atoms with Gasteiger partial charge in [0.15, 0.2) is 0 Å². The number of rotatable bonds is 3. The fraction of sp³-hybridized carbons (Fsp3) is 0.312. The molecule has 1 aromatic carbocycles. The Morgan fingerprint density at radius 3 is 2.42 bits per heavy atom. The van der Waals surface area contributed by atoms with Crippen molar-refractivity contribution in [3.05, 3.63) is 58.3 Å².